The molecule has 1 fully saturated rings. The molecule has 0 spiro atoms. The van der Waals surface area contributed by atoms with Crippen LogP contribution < -0.4 is 10.6 Å². The van der Waals surface area contributed by atoms with E-state index in [4.69, 9.17) is 28.3 Å². The van der Waals surface area contributed by atoms with E-state index >= 15 is 0 Å². The fourth-order valence-electron chi connectivity index (χ4n) is 2.90. The minimum Gasteiger partial charge on any atom is -0.353 e. The molecular weight excluding hydrogens is 393 g/mol. The van der Waals surface area contributed by atoms with Crippen molar-refractivity contribution >= 4 is 35.0 Å². The largest absolute Gasteiger partial charge is 0.353 e. The number of para-hydroxylation sites is 1. The standard InChI is InChI=1S/C21H21Cl2N5/c1-2-24-21(25-16-11-12-16)26-20-13-19(14-7-9-15(22)10-8-14)28(27-20)18-6-4-3-5-17(18)23/h3-10,13,16H,2,11-12H2,1H3,(H2,24,25,26,27). The van der Waals surface area contributed by atoms with Gasteiger partial charge in [0.15, 0.2) is 11.8 Å². The number of guanidine groups is 1. The zero-order chi connectivity index (χ0) is 19.5. The summed E-state index contributed by atoms with van der Waals surface area (Å²) in [4.78, 5) is 4.51. The molecule has 0 bridgehead atoms. The maximum absolute atomic E-state index is 6.45. The molecule has 2 aromatic carbocycles. The third-order valence-electron chi connectivity index (χ3n) is 4.41. The van der Waals surface area contributed by atoms with Gasteiger partial charge in [-0.15, -0.1) is 5.10 Å². The Kier molecular flexibility index (Phi) is 5.55. The average molecular weight is 414 g/mol. The molecule has 4 rings (SSSR count). The highest BCUT2D eigenvalue weighted by Crippen LogP contribution is 2.30. The van der Waals surface area contributed by atoms with Crippen molar-refractivity contribution in [3.63, 3.8) is 0 Å². The van der Waals surface area contributed by atoms with Gasteiger partial charge in [0.25, 0.3) is 0 Å². The Balaban J connectivity index is 1.74. The van der Waals surface area contributed by atoms with Crippen LogP contribution in [0.25, 0.3) is 16.9 Å². The Morgan fingerprint density at radius 2 is 1.89 bits per heavy atom. The highest BCUT2D eigenvalue weighted by Gasteiger charge is 2.23. The number of aliphatic imine (C=N–C) groups is 1. The summed E-state index contributed by atoms with van der Waals surface area (Å²) < 4.78 is 1.84. The van der Waals surface area contributed by atoms with Crippen molar-refractivity contribution in [1.29, 1.82) is 0 Å². The number of nitrogens with zero attached hydrogens (tertiary/aromatic N) is 3. The van der Waals surface area contributed by atoms with Gasteiger partial charge in [-0.1, -0.05) is 47.5 Å². The number of benzene rings is 2. The van der Waals surface area contributed by atoms with E-state index in [1.165, 1.54) is 12.8 Å². The predicted molar refractivity (Wildman–Crippen MR) is 117 cm³/mol. The first kappa shape index (κ1) is 18.8. The summed E-state index contributed by atoms with van der Waals surface area (Å²) >= 11 is 12.5. The number of aromatic nitrogens is 2. The molecule has 144 valence electrons. The van der Waals surface area contributed by atoms with E-state index in [9.17, 15) is 0 Å². The summed E-state index contributed by atoms with van der Waals surface area (Å²) in [6.07, 6.45) is 2.35. The SMILES string of the molecule is CCN=C(Nc1cc(-c2ccc(Cl)cc2)n(-c2ccccc2Cl)n1)NC1CC1. The molecule has 0 radical (unpaired) electrons. The van der Waals surface area contributed by atoms with Crippen LogP contribution in [0.4, 0.5) is 5.82 Å². The van der Waals surface area contributed by atoms with Crippen LogP contribution in [0.5, 0.6) is 0 Å². The molecular formula is C21H21Cl2N5. The summed E-state index contributed by atoms with van der Waals surface area (Å²) in [7, 11) is 0. The van der Waals surface area contributed by atoms with Crippen molar-refractivity contribution in [2.75, 3.05) is 11.9 Å². The van der Waals surface area contributed by atoms with E-state index in [1.807, 2.05) is 66.2 Å². The van der Waals surface area contributed by atoms with Crippen LogP contribution in [0.15, 0.2) is 59.6 Å². The monoisotopic (exact) mass is 413 g/mol. The fourth-order valence-corrected chi connectivity index (χ4v) is 3.24. The molecule has 1 saturated carbocycles. The Morgan fingerprint density at radius 1 is 1.14 bits per heavy atom. The molecule has 5 nitrogen and oxygen atoms in total. The molecule has 0 saturated heterocycles. The molecule has 0 unspecified atom stereocenters. The van der Waals surface area contributed by atoms with Crippen LogP contribution in [0, 0.1) is 0 Å². The van der Waals surface area contributed by atoms with Gasteiger partial charge in [-0.2, -0.15) is 0 Å². The van der Waals surface area contributed by atoms with E-state index < -0.39 is 0 Å². The lowest BCUT2D eigenvalue weighted by Gasteiger charge is -2.10. The summed E-state index contributed by atoms with van der Waals surface area (Å²) in [6, 6.07) is 17.8. The first-order valence-corrected chi connectivity index (χ1v) is 10.1. The van der Waals surface area contributed by atoms with E-state index in [0.717, 1.165) is 22.9 Å². The van der Waals surface area contributed by atoms with Gasteiger partial charge >= 0.3 is 0 Å². The molecule has 1 heterocycles. The minimum absolute atomic E-state index is 0.499. The lowest BCUT2D eigenvalue weighted by molar-refractivity contribution is 0.877. The van der Waals surface area contributed by atoms with Gasteiger partial charge in [0.05, 0.1) is 16.4 Å². The lowest BCUT2D eigenvalue weighted by atomic mass is 10.1. The molecule has 1 aromatic heterocycles. The van der Waals surface area contributed by atoms with Crippen molar-refractivity contribution in [3.8, 4) is 16.9 Å². The van der Waals surface area contributed by atoms with E-state index in [0.29, 0.717) is 28.4 Å². The van der Waals surface area contributed by atoms with Crippen molar-refractivity contribution < 1.29 is 0 Å². The number of hydrogen-bond acceptors (Lipinski definition) is 2. The Morgan fingerprint density at radius 3 is 2.57 bits per heavy atom. The highest BCUT2D eigenvalue weighted by atomic mass is 35.5. The third kappa shape index (κ3) is 4.32. The van der Waals surface area contributed by atoms with Gasteiger partial charge in [-0.05, 0) is 44.0 Å². The van der Waals surface area contributed by atoms with Gasteiger partial charge in [0.2, 0.25) is 0 Å². The molecule has 7 heteroatoms. The van der Waals surface area contributed by atoms with Gasteiger partial charge in [0.1, 0.15) is 0 Å². The molecule has 28 heavy (non-hydrogen) atoms. The maximum Gasteiger partial charge on any atom is 0.197 e. The zero-order valence-electron chi connectivity index (χ0n) is 15.5. The first-order valence-electron chi connectivity index (χ1n) is 9.33. The maximum atomic E-state index is 6.45. The predicted octanol–water partition coefficient (Wildman–Crippen LogP) is 5.39. The summed E-state index contributed by atoms with van der Waals surface area (Å²) in [5.74, 6) is 1.45. The smallest absolute Gasteiger partial charge is 0.197 e. The van der Waals surface area contributed by atoms with Gasteiger partial charge < -0.3 is 10.6 Å². The third-order valence-corrected chi connectivity index (χ3v) is 4.98. The second kappa shape index (κ2) is 8.25. The number of hydrogen-bond donors (Lipinski definition) is 2. The number of anilines is 1. The molecule has 0 atom stereocenters. The molecule has 1 aliphatic rings. The minimum atomic E-state index is 0.499. The van der Waals surface area contributed by atoms with Gasteiger partial charge in [0, 0.05) is 29.2 Å². The summed E-state index contributed by atoms with van der Waals surface area (Å²) in [5, 5.41) is 12.8. The number of nitrogens with one attached hydrogen (secondary N) is 2. The number of rotatable bonds is 5. The van der Waals surface area contributed by atoms with E-state index in [1.54, 1.807) is 0 Å². The molecule has 0 amide bonds. The van der Waals surface area contributed by atoms with Crippen molar-refractivity contribution in [1.82, 2.24) is 15.1 Å². The average Bonchev–Trinajstić information content (AvgIpc) is 3.41. The van der Waals surface area contributed by atoms with Crippen LogP contribution in [-0.2, 0) is 0 Å². The second-order valence-electron chi connectivity index (χ2n) is 6.65. The summed E-state index contributed by atoms with van der Waals surface area (Å²) in [5.41, 5.74) is 2.72. The quantitative estimate of drug-likeness (QED) is 0.435. The van der Waals surface area contributed by atoms with Crippen molar-refractivity contribution in [2.24, 2.45) is 4.99 Å². The molecule has 1 aliphatic carbocycles. The van der Waals surface area contributed by atoms with E-state index in [-0.39, 0.29) is 0 Å². The molecule has 0 aliphatic heterocycles. The topological polar surface area (TPSA) is 54.2 Å². The highest BCUT2D eigenvalue weighted by molar-refractivity contribution is 6.32. The first-order chi connectivity index (χ1) is 13.6. The van der Waals surface area contributed by atoms with Crippen LogP contribution in [0.2, 0.25) is 10.0 Å². The lowest BCUT2D eigenvalue weighted by Crippen LogP contribution is -2.32. The normalized spacial score (nSPS) is 14.2. The summed E-state index contributed by atoms with van der Waals surface area (Å²) in [6.45, 7) is 2.70. The van der Waals surface area contributed by atoms with Crippen LogP contribution in [-0.4, -0.2) is 28.3 Å². The fraction of sp³-hybridized carbons (Fsp3) is 0.238. The van der Waals surface area contributed by atoms with E-state index in [2.05, 4.69) is 15.6 Å². The van der Waals surface area contributed by atoms with Crippen molar-refractivity contribution in [3.05, 3.63) is 64.6 Å². The Hall–Kier alpha value is -2.50. The van der Waals surface area contributed by atoms with Crippen LogP contribution in [0.1, 0.15) is 19.8 Å². The van der Waals surface area contributed by atoms with Crippen molar-refractivity contribution in [2.45, 2.75) is 25.8 Å². The second-order valence-corrected chi connectivity index (χ2v) is 7.50. The Bertz CT molecular complexity index is 990. The number of halogens is 2. The zero-order valence-corrected chi connectivity index (χ0v) is 17.0. The Labute approximate surface area is 174 Å². The van der Waals surface area contributed by atoms with Crippen LogP contribution >= 0.6 is 23.2 Å². The van der Waals surface area contributed by atoms with Gasteiger partial charge in [-0.25, -0.2) is 4.68 Å². The van der Waals surface area contributed by atoms with Gasteiger partial charge in [-0.3, -0.25) is 4.99 Å². The van der Waals surface area contributed by atoms with Crippen LogP contribution in [0.3, 0.4) is 0 Å². The molecule has 3 aromatic rings. The molecule has 2 N–H and O–H groups in total.